The molecule has 0 saturated carbocycles. The number of halogens is 1. The molecule has 0 aliphatic carbocycles. The van der Waals surface area contributed by atoms with Crippen molar-refractivity contribution in [3.63, 3.8) is 0 Å². The average Bonchev–Trinajstić information content (AvgIpc) is 2.62. The Morgan fingerprint density at radius 3 is 2.33 bits per heavy atom. The lowest BCUT2D eigenvalue weighted by Gasteiger charge is -2.13. The number of ether oxygens (including phenoxy) is 1. The Balaban J connectivity index is 1.58. The third-order valence-corrected chi connectivity index (χ3v) is 3.59. The van der Waals surface area contributed by atoms with Crippen LogP contribution in [0.25, 0.3) is 0 Å². The van der Waals surface area contributed by atoms with Gasteiger partial charge in [0.2, 0.25) is 0 Å². The van der Waals surface area contributed by atoms with Crippen molar-refractivity contribution in [2.24, 2.45) is 0 Å². The molecule has 0 radical (unpaired) electrons. The van der Waals surface area contributed by atoms with Crippen molar-refractivity contribution >= 4 is 5.69 Å². The van der Waals surface area contributed by atoms with Gasteiger partial charge >= 0.3 is 0 Å². The maximum atomic E-state index is 13.2. The highest BCUT2D eigenvalue weighted by molar-refractivity contribution is 5.41. The predicted octanol–water partition coefficient (Wildman–Crippen LogP) is 4.52. The summed E-state index contributed by atoms with van der Waals surface area (Å²) in [5.74, 6) is 0.231. The molecular formula is C20H19FN2O. The van der Waals surface area contributed by atoms with Gasteiger partial charge in [0.15, 0.2) is 0 Å². The Hall–Kier alpha value is -2.85. The molecule has 0 atom stereocenters. The van der Waals surface area contributed by atoms with E-state index in [9.17, 15) is 4.39 Å². The largest absolute Gasteiger partial charge is 0.489 e. The van der Waals surface area contributed by atoms with Gasteiger partial charge in [0.05, 0.1) is 0 Å². The van der Waals surface area contributed by atoms with Crippen LogP contribution in [-0.2, 0) is 13.2 Å². The molecule has 3 aromatic carbocycles. The quantitative estimate of drug-likeness (QED) is 0.627. The van der Waals surface area contributed by atoms with Crippen molar-refractivity contribution in [1.82, 2.24) is 5.43 Å². The maximum Gasteiger partial charge on any atom is 0.126 e. The molecule has 3 aromatic rings. The van der Waals surface area contributed by atoms with Crippen molar-refractivity contribution in [1.29, 1.82) is 0 Å². The molecule has 24 heavy (non-hydrogen) atoms. The summed E-state index contributed by atoms with van der Waals surface area (Å²) in [4.78, 5) is 0. The molecule has 0 heterocycles. The van der Waals surface area contributed by atoms with E-state index in [2.05, 4.69) is 10.9 Å². The molecule has 0 bridgehead atoms. The summed E-state index contributed by atoms with van der Waals surface area (Å²) >= 11 is 0. The third-order valence-electron chi connectivity index (χ3n) is 3.59. The van der Waals surface area contributed by atoms with Gasteiger partial charge in [0.25, 0.3) is 0 Å². The zero-order valence-electron chi connectivity index (χ0n) is 13.2. The molecule has 3 nitrogen and oxygen atoms in total. The van der Waals surface area contributed by atoms with E-state index < -0.39 is 0 Å². The Morgan fingerprint density at radius 1 is 0.792 bits per heavy atom. The van der Waals surface area contributed by atoms with Crippen molar-refractivity contribution in [2.45, 2.75) is 13.2 Å². The molecule has 0 saturated heterocycles. The number of anilines is 1. The molecule has 4 heteroatoms. The minimum absolute atomic E-state index is 0.297. The Bertz CT molecular complexity index is 777. The van der Waals surface area contributed by atoms with Gasteiger partial charge in [-0.3, -0.25) is 0 Å². The zero-order chi connectivity index (χ0) is 16.6. The lowest BCUT2D eigenvalue weighted by Crippen LogP contribution is -2.21. The molecule has 122 valence electrons. The molecule has 0 aliphatic heterocycles. The van der Waals surface area contributed by atoms with Gasteiger partial charge in [-0.05, 0) is 35.4 Å². The first kappa shape index (κ1) is 16.0. The molecule has 0 amide bonds. The van der Waals surface area contributed by atoms with E-state index in [1.807, 2.05) is 54.6 Å². The Kier molecular flexibility index (Phi) is 5.43. The van der Waals surface area contributed by atoms with Crippen LogP contribution in [0.4, 0.5) is 10.1 Å². The predicted molar refractivity (Wildman–Crippen MR) is 94.1 cm³/mol. The van der Waals surface area contributed by atoms with E-state index >= 15 is 0 Å². The molecule has 2 N–H and O–H groups in total. The van der Waals surface area contributed by atoms with Crippen LogP contribution in [0.1, 0.15) is 11.1 Å². The first-order chi connectivity index (χ1) is 11.8. The van der Waals surface area contributed by atoms with E-state index in [0.29, 0.717) is 18.9 Å². The minimum atomic E-state index is -0.297. The Labute approximate surface area is 141 Å². The van der Waals surface area contributed by atoms with Crippen LogP contribution in [0.2, 0.25) is 0 Å². The summed E-state index contributed by atoms with van der Waals surface area (Å²) < 4.78 is 18.9. The first-order valence-corrected chi connectivity index (χ1v) is 7.80. The van der Waals surface area contributed by atoms with Crippen LogP contribution in [-0.4, -0.2) is 0 Å². The second kappa shape index (κ2) is 8.13. The van der Waals surface area contributed by atoms with Gasteiger partial charge in [-0.2, -0.15) is 0 Å². The highest BCUT2D eigenvalue weighted by Gasteiger charge is 2.03. The lowest BCUT2D eigenvalue weighted by atomic mass is 10.1. The van der Waals surface area contributed by atoms with Gasteiger partial charge in [-0.25, -0.2) is 9.82 Å². The van der Waals surface area contributed by atoms with E-state index in [-0.39, 0.29) is 5.82 Å². The maximum absolute atomic E-state index is 13.2. The average molecular weight is 322 g/mol. The molecule has 0 aromatic heterocycles. The van der Waals surface area contributed by atoms with Crippen molar-refractivity contribution < 1.29 is 9.13 Å². The smallest absolute Gasteiger partial charge is 0.126 e. The van der Waals surface area contributed by atoms with E-state index in [1.54, 1.807) is 12.1 Å². The molecule has 3 rings (SSSR count). The molecule has 0 aliphatic rings. The van der Waals surface area contributed by atoms with Crippen LogP contribution in [0.5, 0.6) is 5.75 Å². The summed E-state index contributed by atoms with van der Waals surface area (Å²) in [6, 6.07) is 24.1. The lowest BCUT2D eigenvalue weighted by molar-refractivity contribution is 0.303. The fourth-order valence-electron chi connectivity index (χ4n) is 2.35. The summed E-state index contributed by atoms with van der Waals surface area (Å²) in [5.41, 5.74) is 9.55. The zero-order valence-corrected chi connectivity index (χ0v) is 13.2. The molecule has 0 unspecified atom stereocenters. The number of hydrazine groups is 1. The highest BCUT2D eigenvalue weighted by atomic mass is 19.1. The topological polar surface area (TPSA) is 33.3 Å². The second-order valence-electron chi connectivity index (χ2n) is 5.36. The van der Waals surface area contributed by atoms with Crippen LogP contribution < -0.4 is 15.6 Å². The third kappa shape index (κ3) is 4.57. The molecular weight excluding hydrogens is 303 g/mol. The van der Waals surface area contributed by atoms with Gasteiger partial charge < -0.3 is 10.2 Å². The number of para-hydroxylation sites is 1. The monoisotopic (exact) mass is 322 g/mol. The summed E-state index contributed by atoms with van der Waals surface area (Å²) in [6.45, 7) is 1.05. The van der Waals surface area contributed by atoms with Crippen molar-refractivity contribution in [3.8, 4) is 5.75 Å². The van der Waals surface area contributed by atoms with Crippen LogP contribution in [0.3, 0.4) is 0 Å². The summed E-state index contributed by atoms with van der Waals surface area (Å²) in [5, 5.41) is 0. The van der Waals surface area contributed by atoms with E-state index in [0.717, 1.165) is 16.8 Å². The Morgan fingerprint density at radius 2 is 1.54 bits per heavy atom. The van der Waals surface area contributed by atoms with Gasteiger partial charge in [0, 0.05) is 18.3 Å². The van der Waals surface area contributed by atoms with Crippen LogP contribution >= 0.6 is 0 Å². The van der Waals surface area contributed by atoms with Crippen molar-refractivity contribution in [3.05, 3.63) is 95.8 Å². The van der Waals surface area contributed by atoms with Gasteiger partial charge in [-0.15, -0.1) is 0 Å². The minimum Gasteiger partial charge on any atom is -0.489 e. The van der Waals surface area contributed by atoms with Gasteiger partial charge in [0.1, 0.15) is 18.2 Å². The number of nitrogens with one attached hydrogen (secondary N) is 2. The highest BCUT2D eigenvalue weighted by Crippen LogP contribution is 2.16. The van der Waals surface area contributed by atoms with Crippen molar-refractivity contribution in [2.75, 3.05) is 5.43 Å². The van der Waals surface area contributed by atoms with Gasteiger partial charge in [-0.1, -0.05) is 48.5 Å². The second-order valence-corrected chi connectivity index (χ2v) is 5.36. The number of rotatable bonds is 7. The number of hydrogen-bond acceptors (Lipinski definition) is 3. The van der Waals surface area contributed by atoms with E-state index in [1.165, 1.54) is 12.1 Å². The standard InChI is InChI=1S/C20H19FN2O/c21-18-9-6-12-20(13-18)24-15-17-8-5-4-7-16(17)14-22-23-19-10-2-1-3-11-19/h1-13,22-23H,14-15H2. The SMILES string of the molecule is Fc1cccc(OCc2ccccc2CNNc2ccccc2)c1. The number of hydrogen-bond donors (Lipinski definition) is 2. The summed E-state index contributed by atoms with van der Waals surface area (Å²) in [7, 11) is 0. The fourth-order valence-corrected chi connectivity index (χ4v) is 2.35. The fraction of sp³-hybridized carbons (Fsp3) is 0.100. The summed E-state index contributed by atoms with van der Waals surface area (Å²) in [6.07, 6.45) is 0. The van der Waals surface area contributed by atoms with E-state index in [4.69, 9.17) is 4.74 Å². The number of benzene rings is 3. The normalized spacial score (nSPS) is 10.4. The molecule has 0 spiro atoms. The van der Waals surface area contributed by atoms with Crippen LogP contribution in [0.15, 0.2) is 78.9 Å². The van der Waals surface area contributed by atoms with Crippen LogP contribution in [0, 0.1) is 5.82 Å². The first-order valence-electron chi connectivity index (χ1n) is 7.80. The molecule has 0 fully saturated rings.